The van der Waals surface area contributed by atoms with Crippen LogP contribution in [0.4, 0.5) is 0 Å². The Morgan fingerprint density at radius 1 is 1.77 bits per heavy atom. The van der Waals surface area contributed by atoms with Gasteiger partial charge in [0.15, 0.2) is 0 Å². The molecule has 0 amide bonds. The maximum atomic E-state index is 10.9. The summed E-state index contributed by atoms with van der Waals surface area (Å²) in [7, 11) is 0. The second kappa shape index (κ2) is 5.31. The van der Waals surface area contributed by atoms with Gasteiger partial charge in [-0.15, -0.1) is 0 Å². The van der Waals surface area contributed by atoms with Crippen molar-refractivity contribution < 1.29 is 9.53 Å². The number of aromatic nitrogens is 2. The van der Waals surface area contributed by atoms with Crippen molar-refractivity contribution >= 4 is 5.97 Å². The monoisotopic (exact) mass is 183 g/mol. The summed E-state index contributed by atoms with van der Waals surface area (Å²) >= 11 is 0. The Morgan fingerprint density at radius 3 is 3.23 bits per heavy atom. The van der Waals surface area contributed by atoms with Gasteiger partial charge in [0.2, 0.25) is 0 Å². The smallest absolute Gasteiger partial charge is 0.319 e. The molecular formula is C8H13N3O2. The van der Waals surface area contributed by atoms with Crippen molar-refractivity contribution in [2.24, 2.45) is 0 Å². The first kappa shape index (κ1) is 9.73. The van der Waals surface area contributed by atoms with Crippen molar-refractivity contribution in [2.75, 3.05) is 13.2 Å². The molecule has 72 valence electrons. The Bertz CT molecular complexity index is 246. The first-order valence-electron chi connectivity index (χ1n) is 4.17. The quantitative estimate of drug-likeness (QED) is 0.633. The average molecular weight is 183 g/mol. The third-order valence-corrected chi connectivity index (χ3v) is 1.45. The van der Waals surface area contributed by atoms with Crippen molar-refractivity contribution in [1.29, 1.82) is 0 Å². The van der Waals surface area contributed by atoms with Crippen molar-refractivity contribution in [1.82, 2.24) is 15.5 Å². The fourth-order valence-corrected chi connectivity index (χ4v) is 0.894. The number of carbonyl (C=O) groups excluding carboxylic acids is 1. The van der Waals surface area contributed by atoms with Crippen LogP contribution in [0.3, 0.4) is 0 Å². The summed E-state index contributed by atoms with van der Waals surface area (Å²) in [6.45, 7) is 3.03. The Hall–Kier alpha value is -1.36. The summed E-state index contributed by atoms with van der Waals surface area (Å²) in [5.41, 5.74) is 0.948. The molecule has 0 saturated heterocycles. The molecule has 5 heteroatoms. The van der Waals surface area contributed by atoms with Crippen LogP contribution in [0.1, 0.15) is 12.6 Å². The van der Waals surface area contributed by atoms with Crippen LogP contribution in [0.5, 0.6) is 0 Å². The largest absolute Gasteiger partial charge is 0.465 e. The maximum Gasteiger partial charge on any atom is 0.319 e. The Kier molecular flexibility index (Phi) is 3.98. The van der Waals surface area contributed by atoms with Crippen LogP contribution in [0.25, 0.3) is 0 Å². The van der Waals surface area contributed by atoms with Crippen LogP contribution in [-0.4, -0.2) is 29.3 Å². The van der Waals surface area contributed by atoms with Crippen LogP contribution in [0, 0.1) is 0 Å². The lowest BCUT2D eigenvalue weighted by molar-refractivity contribution is -0.142. The van der Waals surface area contributed by atoms with Gasteiger partial charge >= 0.3 is 5.97 Å². The number of aromatic amines is 1. The van der Waals surface area contributed by atoms with E-state index in [9.17, 15) is 4.79 Å². The summed E-state index contributed by atoms with van der Waals surface area (Å²) in [4.78, 5) is 10.9. The molecular weight excluding hydrogens is 170 g/mol. The van der Waals surface area contributed by atoms with Gasteiger partial charge in [0.1, 0.15) is 0 Å². The lowest BCUT2D eigenvalue weighted by atomic mass is 10.4. The predicted molar refractivity (Wildman–Crippen MR) is 46.9 cm³/mol. The number of carbonyl (C=O) groups is 1. The Labute approximate surface area is 76.5 Å². The van der Waals surface area contributed by atoms with E-state index in [-0.39, 0.29) is 12.5 Å². The number of nitrogens with zero attached hydrogens (tertiary/aromatic N) is 1. The van der Waals surface area contributed by atoms with E-state index in [0.717, 1.165) is 5.69 Å². The van der Waals surface area contributed by atoms with E-state index in [1.807, 2.05) is 6.07 Å². The van der Waals surface area contributed by atoms with E-state index in [0.29, 0.717) is 13.2 Å². The molecule has 1 aromatic rings. The molecule has 0 aromatic carbocycles. The van der Waals surface area contributed by atoms with E-state index in [2.05, 4.69) is 15.5 Å². The van der Waals surface area contributed by atoms with Gasteiger partial charge in [-0.05, 0) is 13.0 Å². The van der Waals surface area contributed by atoms with Crippen LogP contribution in [0.2, 0.25) is 0 Å². The molecule has 1 rings (SSSR count). The lowest BCUT2D eigenvalue weighted by Gasteiger charge is -2.02. The molecule has 1 aromatic heterocycles. The zero-order valence-corrected chi connectivity index (χ0v) is 7.54. The molecule has 0 aliphatic carbocycles. The Morgan fingerprint density at radius 2 is 2.62 bits per heavy atom. The van der Waals surface area contributed by atoms with Gasteiger partial charge in [-0.3, -0.25) is 9.89 Å². The van der Waals surface area contributed by atoms with Gasteiger partial charge in [-0.25, -0.2) is 0 Å². The first-order valence-corrected chi connectivity index (χ1v) is 4.17. The van der Waals surface area contributed by atoms with Crippen LogP contribution in [-0.2, 0) is 16.1 Å². The molecule has 13 heavy (non-hydrogen) atoms. The Balaban J connectivity index is 2.11. The zero-order valence-electron chi connectivity index (χ0n) is 7.54. The van der Waals surface area contributed by atoms with E-state index < -0.39 is 0 Å². The molecule has 0 atom stereocenters. The number of ether oxygens (including phenoxy) is 1. The van der Waals surface area contributed by atoms with Crippen molar-refractivity contribution in [2.45, 2.75) is 13.5 Å². The minimum Gasteiger partial charge on any atom is -0.465 e. The highest BCUT2D eigenvalue weighted by Crippen LogP contribution is 1.89. The van der Waals surface area contributed by atoms with Gasteiger partial charge in [0, 0.05) is 18.4 Å². The number of nitrogens with one attached hydrogen (secondary N) is 2. The molecule has 0 unspecified atom stereocenters. The van der Waals surface area contributed by atoms with Crippen molar-refractivity contribution in [3.8, 4) is 0 Å². The lowest BCUT2D eigenvalue weighted by Crippen LogP contribution is -2.24. The molecule has 0 bridgehead atoms. The fourth-order valence-electron chi connectivity index (χ4n) is 0.894. The minimum absolute atomic E-state index is 0.229. The SMILES string of the molecule is CCOC(=O)CNCc1ccn[nH]1. The van der Waals surface area contributed by atoms with Gasteiger partial charge in [0.25, 0.3) is 0 Å². The minimum atomic E-state index is -0.234. The molecule has 0 radical (unpaired) electrons. The summed E-state index contributed by atoms with van der Waals surface area (Å²) in [6, 6.07) is 1.85. The van der Waals surface area contributed by atoms with E-state index in [1.165, 1.54) is 0 Å². The normalized spacial score (nSPS) is 9.92. The summed E-state index contributed by atoms with van der Waals surface area (Å²) in [5, 5.41) is 9.48. The van der Waals surface area contributed by atoms with Gasteiger partial charge < -0.3 is 10.1 Å². The van der Waals surface area contributed by atoms with Crippen LogP contribution in [0.15, 0.2) is 12.3 Å². The summed E-state index contributed by atoms with van der Waals surface area (Å²) in [6.07, 6.45) is 1.67. The van der Waals surface area contributed by atoms with Gasteiger partial charge in [-0.2, -0.15) is 5.10 Å². The highest BCUT2D eigenvalue weighted by Gasteiger charge is 2.00. The van der Waals surface area contributed by atoms with Crippen LogP contribution >= 0.6 is 0 Å². The highest BCUT2D eigenvalue weighted by atomic mass is 16.5. The maximum absolute atomic E-state index is 10.9. The van der Waals surface area contributed by atoms with Gasteiger partial charge in [0.05, 0.1) is 13.2 Å². The van der Waals surface area contributed by atoms with Crippen LogP contribution < -0.4 is 5.32 Å². The summed E-state index contributed by atoms with van der Waals surface area (Å²) in [5.74, 6) is -0.234. The molecule has 1 heterocycles. The predicted octanol–water partition coefficient (Wildman–Crippen LogP) is 0.0624. The molecule has 0 spiro atoms. The fraction of sp³-hybridized carbons (Fsp3) is 0.500. The standard InChI is InChI=1S/C8H13N3O2/c1-2-13-8(12)6-9-5-7-3-4-10-11-7/h3-4,9H,2,5-6H2,1H3,(H,10,11). The number of hydrogen-bond donors (Lipinski definition) is 2. The molecule has 0 aliphatic rings. The third-order valence-electron chi connectivity index (χ3n) is 1.45. The van der Waals surface area contributed by atoms with Crippen molar-refractivity contribution in [3.63, 3.8) is 0 Å². The zero-order chi connectivity index (χ0) is 9.52. The molecule has 0 fully saturated rings. The highest BCUT2D eigenvalue weighted by molar-refractivity contribution is 5.71. The van der Waals surface area contributed by atoms with Crippen molar-refractivity contribution in [3.05, 3.63) is 18.0 Å². The summed E-state index contributed by atoms with van der Waals surface area (Å²) < 4.78 is 4.73. The molecule has 5 nitrogen and oxygen atoms in total. The number of rotatable bonds is 5. The topological polar surface area (TPSA) is 67.0 Å². The average Bonchev–Trinajstić information content (AvgIpc) is 2.57. The first-order chi connectivity index (χ1) is 6.33. The second-order valence-corrected chi connectivity index (χ2v) is 2.49. The number of H-pyrrole nitrogens is 1. The molecule has 2 N–H and O–H groups in total. The van der Waals surface area contributed by atoms with E-state index >= 15 is 0 Å². The van der Waals surface area contributed by atoms with Gasteiger partial charge in [-0.1, -0.05) is 0 Å². The third kappa shape index (κ3) is 3.71. The second-order valence-electron chi connectivity index (χ2n) is 2.49. The van der Waals surface area contributed by atoms with E-state index in [4.69, 9.17) is 4.74 Å². The number of hydrogen-bond acceptors (Lipinski definition) is 4. The van der Waals surface area contributed by atoms with E-state index in [1.54, 1.807) is 13.1 Å². The molecule has 0 aliphatic heterocycles. The number of esters is 1. The molecule has 0 saturated carbocycles.